The molecule has 178 valence electrons. The highest BCUT2D eigenvalue weighted by atomic mass is 16.5. The molecule has 0 atom stereocenters. The van der Waals surface area contributed by atoms with Crippen molar-refractivity contribution < 1.29 is 19.1 Å². The molecule has 8 nitrogen and oxygen atoms in total. The van der Waals surface area contributed by atoms with E-state index < -0.39 is 0 Å². The monoisotopic (exact) mass is 462 g/mol. The van der Waals surface area contributed by atoms with E-state index in [1.54, 1.807) is 36.3 Å². The molecule has 3 aromatic rings. The van der Waals surface area contributed by atoms with Crippen LogP contribution < -0.4 is 15.4 Å². The first-order valence-corrected chi connectivity index (χ1v) is 11.4. The average Bonchev–Trinajstić information content (AvgIpc) is 3.53. The van der Waals surface area contributed by atoms with Gasteiger partial charge in [0.15, 0.2) is 0 Å². The number of nitrogens with zero attached hydrogens (tertiary/aromatic N) is 2. The lowest BCUT2D eigenvalue weighted by molar-refractivity contribution is -0.119. The van der Waals surface area contributed by atoms with Crippen LogP contribution in [0.4, 0.5) is 5.69 Å². The fourth-order valence-electron chi connectivity index (χ4n) is 4.54. The average molecular weight is 463 g/mol. The molecule has 2 amide bonds. The highest BCUT2D eigenvalue weighted by Crippen LogP contribution is 2.41. The second-order valence-electron chi connectivity index (χ2n) is 8.60. The molecule has 8 heteroatoms. The van der Waals surface area contributed by atoms with Crippen molar-refractivity contribution in [3.63, 3.8) is 0 Å². The molecule has 1 fully saturated rings. The summed E-state index contributed by atoms with van der Waals surface area (Å²) in [5.41, 5.74) is 3.15. The number of hydrogen-bond acceptors (Lipinski definition) is 5. The van der Waals surface area contributed by atoms with E-state index in [-0.39, 0.29) is 23.8 Å². The second-order valence-corrected chi connectivity index (χ2v) is 8.60. The van der Waals surface area contributed by atoms with Gasteiger partial charge in [-0.3, -0.25) is 9.59 Å². The molecule has 0 radical (unpaired) electrons. The molecule has 1 aliphatic carbocycles. The summed E-state index contributed by atoms with van der Waals surface area (Å²) in [7, 11) is 3.13. The van der Waals surface area contributed by atoms with Crippen LogP contribution in [0.25, 0.3) is 5.69 Å². The van der Waals surface area contributed by atoms with Gasteiger partial charge < -0.3 is 20.1 Å². The van der Waals surface area contributed by atoms with Crippen LogP contribution in [0.15, 0.2) is 60.9 Å². The Morgan fingerprint density at radius 2 is 1.74 bits per heavy atom. The summed E-state index contributed by atoms with van der Waals surface area (Å²) in [5.74, 6) is 0.491. The number of carbonyl (C=O) groups is 2. The first-order valence-electron chi connectivity index (χ1n) is 11.4. The lowest BCUT2D eigenvalue weighted by Gasteiger charge is -2.30. The van der Waals surface area contributed by atoms with Crippen molar-refractivity contribution in [2.75, 3.05) is 32.7 Å². The summed E-state index contributed by atoms with van der Waals surface area (Å²) >= 11 is 0. The summed E-state index contributed by atoms with van der Waals surface area (Å²) < 4.78 is 11.7. The van der Waals surface area contributed by atoms with E-state index in [0.717, 1.165) is 37.1 Å². The number of rotatable bonds is 9. The molecule has 0 unspecified atom stereocenters. The van der Waals surface area contributed by atoms with Crippen LogP contribution in [-0.2, 0) is 14.9 Å². The van der Waals surface area contributed by atoms with Crippen molar-refractivity contribution in [3.05, 3.63) is 72.1 Å². The minimum Gasteiger partial charge on any atom is -0.497 e. The van der Waals surface area contributed by atoms with E-state index >= 15 is 0 Å². The molecule has 2 aromatic carbocycles. The van der Waals surface area contributed by atoms with E-state index in [2.05, 4.69) is 27.9 Å². The Morgan fingerprint density at radius 3 is 2.38 bits per heavy atom. The number of hydrogen-bond donors (Lipinski definition) is 2. The summed E-state index contributed by atoms with van der Waals surface area (Å²) in [4.78, 5) is 24.6. The summed E-state index contributed by atoms with van der Waals surface area (Å²) in [6, 6.07) is 15.4. The van der Waals surface area contributed by atoms with Crippen molar-refractivity contribution in [2.45, 2.75) is 31.1 Å². The van der Waals surface area contributed by atoms with Gasteiger partial charge in [-0.1, -0.05) is 25.0 Å². The SMILES string of the molecule is COCC(=O)Nc1cnn(-c2ccc(C(=O)NCC3(c4ccc(OC)cc4)CCCC3)cc2)c1. The number of aromatic nitrogens is 2. The maximum absolute atomic E-state index is 12.9. The number of benzene rings is 2. The van der Waals surface area contributed by atoms with Crippen molar-refractivity contribution in [1.82, 2.24) is 15.1 Å². The molecular formula is C26H30N4O4. The number of nitrogens with one attached hydrogen (secondary N) is 2. The molecule has 0 aliphatic heterocycles. The Hall–Kier alpha value is -3.65. The molecule has 1 heterocycles. The van der Waals surface area contributed by atoms with Crippen molar-refractivity contribution in [1.29, 1.82) is 0 Å². The van der Waals surface area contributed by atoms with Gasteiger partial charge in [0.05, 0.1) is 30.9 Å². The molecule has 1 saturated carbocycles. The van der Waals surface area contributed by atoms with Crippen LogP contribution in [0, 0.1) is 0 Å². The van der Waals surface area contributed by atoms with E-state index in [0.29, 0.717) is 17.8 Å². The molecule has 4 rings (SSSR count). The van der Waals surface area contributed by atoms with Gasteiger partial charge in [0, 0.05) is 24.6 Å². The zero-order valence-electron chi connectivity index (χ0n) is 19.5. The predicted molar refractivity (Wildman–Crippen MR) is 130 cm³/mol. The Labute approximate surface area is 199 Å². The lowest BCUT2D eigenvalue weighted by Crippen LogP contribution is -2.39. The van der Waals surface area contributed by atoms with Crippen LogP contribution in [0.3, 0.4) is 0 Å². The number of anilines is 1. The minimum atomic E-state index is -0.247. The first-order chi connectivity index (χ1) is 16.5. The Morgan fingerprint density at radius 1 is 1.03 bits per heavy atom. The van der Waals surface area contributed by atoms with Gasteiger partial charge in [0.1, 0.15) is 12.4 Å². The lowest BCUT2D eigenvalue weighted by atomic mass is 9.78. The topological polar surface area (TPSA) is 94.5 Å². The third-order valence-corrected chi connectivity index (χ3v) is 6.39. The van der Waals surface area contributed by atoms with Crippen LogP contribution in [0.5, 0.6) is 5.75 Å². The maximum Gasteiger partial charge on any atom is 0.251 e. The fourth-order valence-corrected chi connectivity index (χ4v) is 4.54. The Bertz CT molecular complexity index is 1120. The van der Waals surface area contributed by atoms with E-state index in [4.69, 9.17) is 9.47 Å². The second kappa shape index (κ2) is 10.5. The van der Waals surface area contributed by atoms with E-state index in [9.17, 15) is 9.59 Å². The van der Waals surface area contributed by atoms with Crippen LogP contribution in [-0.4, -0.2) is 49.0 Å². The maximum atomic E-state index is 12.9. The summed E-state index contributed by atoms with van der Waals surface area (Å²) in [6.07, 6.45) is 7.71. The Balaban J connectivity index is 1.39. The van der Waals surface area contributed by atoms with Gasteiger partial charge in [-0.25, -0.2) is 4.68 Å². The number of carbonyl (C=O) groups excluding carboxylic acids is 2. The van der Waals surface area contributed by atoms with Crippen LogP contribution >= 0.6 is 0 Å². The molecule has 0 bridgehead atoms. The van der Waals surface area contributed by atoms with Crippen molar-refractivity contribution in [2.24, 2.45) is 0 Å². The standard InChI is InChI=1S/C26H30N4O4/c1-33-17-24(31)29-21-15-28-30(16-21)22-9-5-19(6-10-22)25(32)27-18-26(13-3-4-14-26)20-7-11-23(34-2)12-8-20/h5-12,15-16H,3-4,13-14,17-18H2,1-2H3,(H,27,32)(H,29,31). The Kier molecular flexibility index (Phi) is 7.27. The largest absolute Gasteiger partial charge is 0.497 e. The minimum absolute atomic E-state index is 0.0191. The van der Waals surface area contributed by atoms with E-state index in [1.165, 1.54) is 12.7 Å². The van der Waals surface area contributed by atoms with Gasteiger partial charge >= 0.3 is 0 Å². The predicted octanol–water partition coefficient (Wildman–Crippen LogP) is 3.71. The molecule has 34 heavy (non-hydrogen) atoms. The zero-order chi connectivity index (χ0) is 24.0. The quantitative estimate of drug-likeness (QED) is 0.506. The summed E-state index contributed by atoms with van der Waals surface area (Å²) in [6.45, 7) is 0.582. The molecule has 0 spiro atoms. The third-order valence-electron chi connectivity index (χ3n) is 6.39. The number of amides is 2. The number of ether oxygens (including phenoxy) is 2. The van der Waals surface area contributed by atoms with Gasteiger partial charge in [-0.2, -0.15) is 5.10 Å². The fraction of sp³-hybridized carbons (Fsp3) is 0.346. The van der Waals surface area contributed by atoms with Crippen molar-refractivity contribution in [3.8, 4) is 11.4 Å². The van der Waals surface area contributed by atoms with Crippen LogP contribution in [0.2, 0.25) is 0 Å². The molecule has 2 N–H and O–H groups in total. The van der Waals surface area contributed by atoms with E-state index in [1.807, 2.05) is 24.3 Å². The van der Waals surface area contributed by atoms with Crippen molar-refractivity contribution >= 4 is 17.5 Å². The molecular weight excluding hydrogens is 432 g/mol. The van der Waals surface area contributed by atoms with Crippen LogP contribution in [0.1, 0.15) is 41.6 Å². The zero-order valence-corrected chi connectivity index (χ0v) is 19.5. The smallest absolute Gasteiger partial charge is 0.251 e. The normalized spacial score (nSPS) is 14.5. The summed E-state index contributed by atoms with van der Waals surface area (Å²) in [5, 5.41) is 10.1. The molecule has 1 aromatic heterocycles. The highest BCUT2D eigenvalue weighted by molar-refractivity contribution is 5.94. The van der Waals surface area contributed by atoms with Gasteiger partial charge in [0.2, 0.25) is 5.91 Å². The highest BCUT2D eigenvalue weighted by Gasteiger charge is 2.36. The van der Waals surface area contributed by atoms with Gasteiger partial charge in [-0.15, -0.1) is 0 Å². The third kappa shape index (κ3) is 5.28. The van der Waals surface area contributed by atoms with Gasteiger partial charge in [0.25, 0.3) is 5.91 Å². The first kappa shape index (κ1) is 23.5. The molecule has 1 aliphatic rings. The number of methoxy groups -OCH3 is 2. The molecule has 0 saturated heterocycles. The van der Waals surface area contributed by atoms with Gasteiger partial charge in [-0.05, 0) is 54.8 Å².